The predicted octanol–water partition coefficient (Wildman–Crippen LogP) is -3.95. The van der Waals surface area contributed by atoms with Gasteiger partial charge in [0.1, 0.15) is 4.90 Å². The van der Waals surface area contributed by atoms with Crippen LogP contribution in [0.2, 0.25) is 0 Å². The minimum Gasteiger partial charge on any atom is -0.545 e. The zero-order valence-corrected chi connectivity index (χ0v) is 19.8. The van der Waals surface area contributed by atoms with Crippen LogP contribution >= 0.6 is 0 Å². The van der Waals surface area contributed by atoms with Gasteiger partial charge >= 0.3 is 29.6 Å². The van der Waals surface area contributed by atoms with E-state index in [1.807, 2.05) is 37.3 Å². The van der Waals surface area contributed by atoms with E-state index >= 15 is 0 Å². The van der Waals surface area contributed by atoms with Gasteiger partial charge in [0, 0.05) is 18.7 Å². The third-order valence-corrected chi connectivity index (χ3v) is 4.74. The smallest absolute Gasteiger partial charge is 0.545 e. The van der Waals surface area contributed by atoms with Gasteiger partial charge in [0.2, 0.25) is 10.0 Å². The van der Waals surface area contributed by atoms with E-state index in [1.54, 1.807) is 0 Å². The fourth-order valence-corrected chi connectivity index (χ4v) is 3.22. The molecule has 0 atom stereocenters. The van der Waals surface area contributed by atoms with Crippen LogP contribution in [-0.4, -0.2) is 37.4 Å². The summed E-state index contributed by atoms with van der Waals surface area (Å²) in [7, 11) is -4.13. The molecular weight excluding hydrogens is 425 g/mol. The first-order valence-electron chi connectivity index (χ1n) is 8.26. The number of hydrogen-bond donors (Lipinski definition) is 3. The maximum Gasteiger partial charge on any atom is 1.00 e. The number of hydrogen-bond acceptors (Lipinski definition) is 6. The number of unbranched alkanes of at least 4 members (excludes halogenated alkanes) is 1. The molecule has 0 saturated carbocycles. The summed E-state index contributed by atoms with van der Waals surface area (Å²) in [6.45, 7) is 2.93. The molecule has 0 radical (unpaired) electrons. The quantitative estimate of drug-likeness (QED) is 0.254. The fraction of sp³-hybridized carbons (Fsp3) is 0.278. The van der Waals surface area contributed by atoms with E-state index < -0.39 is 16.0 Å². The Morgan fingerprint density at radius 2 is 1.67 bits per heavy atom. The molecule has 0 saturated heterocycles. The van der Waals surface area contributed by atoms with Crippen molar-refractivity contribution in [3.63, 3.8) is 0 Å². The number of anilines is 2. The standard InChI is InChI=1S/C18H23N3O4S.Na.3H2O/c1-2-3-9-20-17-15(21-12-13-7-5-4-6-8-13)10-14(18(22)23)11-16(17)26(19,24)25;;;;/h4-8,10-11,20-21H,2-3,9,12H2,1H3,(H,22,23)(H2,19,24,25);;3*1H2/q;+1;;;/p-1. The molecule has 0 bridgehead atoms. The zero-order chi connectivity index (χ0) is 19.2. The van der Waals surface area contributed by atoms with Crippen molar-refractivity contribution in [2.24, 2.45) is 5.14 Å². The monoisotopic (exact) mass is 453 g/mol. The zero-order valence-electron chi connectivity index (χ0n) is 17.0. The van der Waals surface area contributed by atoms with Gasteiger partial charge in [-0.2, -0.15) is 0 Å². The molecule has 2 aromatic carbocycles. The molecule has 0 amide bonds. The second-order valence-electron chi connectivity index (χ2n) is 5.85. The van der Waals surface area contributed by atoms with Crippen LogP contribution in [0.1, 0.15) is 35.7 Å². The molecule has 2 rings (SSSR count). The first-order valence-corrected chi connectivity index (χ1v) is 9.81. The predicted molar refractivity (Wildman–Crippen MR) is 110 cm³/mol. The summed E-state index contributed by atoms with van der Waals surface area (Å²) in [6.07, 6.45) is 1.74. The number of carbonyl (C=O) groups is 1. The third kappa shape index (κ3) is 9.41. The number of benzene rings is 2. The average molecular weight is 453 g/mol. The molecule has 30 heavy (non-hydrogen) atoms. The molecule has 0 unspecified atom stereocenters. The number of primary sulfonamides is 1. The summed E-state index contributed by atoms with van der Waals surface area (Å²) >= 11 is 0. The van der Waals surface area contributed by atoms with E-state index in [9.17, 15) is 18.3 Å². The Kier molecular flexibility index (Phi) is 16.6. The number of rotatable bonds is 9. The van der Waals surface area contributed by atoms with E-state index in [1.165, 1.54) is 6.07 Å². The molecule has 0 aromatic heterocycles. The van der Waals surface area contributed by atoms with Crippen molar-refractivity contribution >= 4 is 27.4 Å². The first kappa shape index (κ1) is 33.0. The van der Waals surface area contributed by atoms with Crippen LogP contribution in [0, 0.1) is 0 Å². The van der Waals surface area contributed by atoms with Gasteiger partial charge in [-0.25, -0.2) is 13.6 Å². The SMILES string of the molecule is CCCCNc1c(NCc2ccccc2)cc(C(=O)[O-])cc1S(N)(=O)=O.O.O.O.[Na+]. The molecule has 0 aliphatic rings. The second-order valence-corrected chi connectivity index (χ2v) is 7.38. The van der Waals surface area contributed by atoms with Crippen LogP contribution in [0.5, 0.6) is 0 Å². The maximum absolute atomic E-state index is 12.0. The molecule has 0 fully saturated rings. The number of sulfonamides is 1. The van der Waals surface area contributed by atoms with Crippen molar-refractivity contribution in [2.75, 3.05) is 17.2 Å². The molecule has 10 nitrogen and oxygen atoms in total. The minimum atomic E-state index is -4.13. The van der Waals surface area contributed by atoms with Crippen molar-refractivity contribution in [3.8, 4) is 0 Å². The van der Waals surface area contributed by atoms with Gasteiger partial charge < -0.3 is 37.0 Å². The molecule has 12 heteroatoms. The molecular formula is C18H28N3NaO7S. The summed E-state index contributed by atoms with van der Waals surface area (Å²) in [6, 6.07) is 11.8. The van der Waals surface area contributed by atoms with E-state index in [4.69, 9.17) is 5.14 Å². The Hall–Kier alpha value is -1.70. The van der Waals surface area contributed by atoms with Crippen LogP contribution in [0.4, 0.5) is 11.4 Å². The van der Waals surface area contributed by atoms with Crippen molar-refractivity contribution in [1.82, 2.24) is 0 Å². The summed E-state index contributed by atoms with van der Waals surface area (Å²) in [5.74, 6) is -1.47. The van der Waals surface area contributed by atoms with E-state index in [2.05, 4.69) is 10.6 Å². The summed E-state index contributed by atoms with van der Waals surface area (Å²) < 4.78 is 24.0. The van der Waals surface area contributed by atoms with Crippen molar-refractivity contribution in [1.29, 1.82) is 0 Å². The second kappa shape index (κ2) is 15.2. The maximum atomic E-state index is 12.0. The van der Waals surface area contributed by atoms with Crippen molar-refractivity contribution in [3.05, 3.63) is 53.6 Å². The molecule has 164 valence electrons. The van der Waals surface area contributed by atoms with E-state index in [0.29, 0.717) is 18.8 Å². The molecule has 2 aromatic rings. The molecule has 0 spiro atoms. The largest absolute Gasteiger partial charge is 1.00 e. The number of carbonyl (C=O) groups excluding carboxylic acids is 1. The van der Waals surface area contributed by atoms with E-state index in [-0.39, 0.29) is 62.1 Å². The van der Waals surface area contributed by atoms with Crippen LogP contribution < -0.4 is 50.4 Å². The normalized spacial score (nSPS) is 9.67. The van der Waals surface area contributed by atoms with Gasteiger partial charge in [-0.3, -0.25) is 0 Å². The topological polar surface area (TPSA) is 219 Å². The minimum absolute atomic E-state index is 0. The van der Waals surface area contributed by atoms with Gasteiger partial charge in [0.05, 0.1) is 17.3 Å². The average Bonchev–Trinajstić information content (AvgIpc) is 2.60. The van der Waals surface area contributed by atoms with Crippen LogP contribution in [0.25, 0.3) is 0 Å². The van der Waals surface area contributed by atoms with Crippen molar-refractivity contribution < 1.29 is 64.3 Å². The number of aromatic carboxylic acids is 1. The molecule has 10 N–H and O–H groups in total. The first-order chi connectivity index (χ1) is 12.3. The summed E-state index contributed by atoms with van der Waals surface area (Å²) in [5.41, 5.74) is 1.31. The third-order valence-electron chi connectivity index (χ3n) is 3.80. The number of nitrogens with one attached hydrogen (secondary N) is 2. The van der Waals surface area contributed by atoms with Gasteiger partial charge in [-0.15, -0.1) is 0 Å². The number of carboxylic acid groups (broad SMARTS) is 1. The Morgan fingerprint density at radius 1 is 1.07 bits per heavy atom. The number of nitrogens with two attached hydrogens (primary N) is 1. The summed E-state index contributed by atoms with van der Waals surface area (Å²) in [4.78, 5) is 11.0. The summed E-state index contributed by atoms with van der Waals surface area (Å²) in [5, 5.41) is 22.7. The van der Waals surface area contributed by atoms with Crippen LogP contribution in [0.3, 0.4) is 0 Å². The Morgan fingerprint density at radius 3 is 2.17 bits per heavy atom. The molecule has 0 heterocycles. The Labute approximate surface area is 198 Å². The van der Waals surface area contributed by atoms with Crippen LogP contribution in [0.15, 0.2) is 47.4 Å². The van der Waals surface area contributed by atoms with Gasteiger partial charge in [0.25, 0.3) is 0 Å². The fourth-order valence-electron chi connectivity index (χ4n) is 2.46. The van der Waals surface area contributed by atoms with E-state index in [0.717, 1.165) is 24.5 Å². The van der Waals surface area contributed by atoms with Crippen LogP contribution in [-0.2, 0) is 16.6 Å². The number of carboxylic acids is 1. The Balaban J connectivity index is -0.00000182. The van der Waals surface area contributed by atoms with Gasteiger partial charge in [-0.1, -0.05) is 43.7 Å². The van der Waals surface area contributed by atoms with Gasteiger partial charge in [0.15, 0.2) is 0 Å². The Bertz CT molecular complexity index is 881. The molecule has 0 aliphatic heterocycles. The molecule has 0 aliphatic carbocycles. The van der Waals surface area contributed by atoms with Crippen molar-refractivity contribution in [2.45, 2.75) is 31.2 Å². The van der Waals surface area contributed by atoms with Gasteiger partial charge in [-0.05, 0) is 24.1 Å².